The van der Waals surface area contributed by atoms with Gasteiger partial charge < -0.3 is 15.4 Å². The summed E-state index contributed by atoms with van der Waals surface area (Å²) in [6, 6.07) is 4.86. The normalized spacial score (nSPS) is 12.3. The lowest BCUT2D eigenvalue weighted by molar-refractivity contribution is 0.386. The Morgan fingerprint density at radius 1 is 1.38 bits per heavy atom. The molecule has 2 aromatic rings. The van der Waals surface area contributed by atoms with Gasteiger partial charge in [-0.1, -0.05) is 13.0 Å². The van der Waals surface area contributed by atoms with Gasteiger partial charge in [-0.15, -0.1) is 35.3 Å². The van der Waals surface area contributed by atoms with E-state index >= 15 is 0 Å². The Kier molecular flexibility index (Phi) is 9.85. The van der Waals surface area contributed by atoms with Crippen molar-refractivity contribution in [3.63, 3.8) is 0 Å². The average molecular weight is 492 g/mol. The largest absolute Gasteiger partial charge is 0.494 e. The Labute approximate surface area is 175 Å². The molecule has 0 fully saturated rings. The van der Waals surface area contributed by atoms with Crippen LogP contribution in [0.1, 0.15) is 43.1 Å². The minimum absolute atomic E-state index is 0. The highest BCUT2D eigenvalue weighted by Crippen LogP contribution is 2.21. The SMILES string of the molecule is CCNC(=NCc1csc(CC)n1)NC(C)c1ccc(OC)c(F)c1.I. The molecule has 0 aliphatic carbocycles. The van der Waals surface area contributed by atoms with Gasteiger partial charge in [0.25, 0.3) is 0 Å². The topological polar surface area (TPSA) is 58.5 Å². The average Bonchev–Trinajstić information content (AvgIpc) is 3.07. The molecular weight excluding hydrogens is 466 g/mol. The number of aryl methyl sites for hydroxylation is 1. The number of aliphatic imine (C=N–C) groups is 1. The second kappa shape index (κ2) is 11.3. The van der Waals surface area contributed by atoms with E-state index in [2.05, 4.69) is 27.5 Å². The summed E-state index contributed by atoms with van der Waals surface area (Å²) in [5.41, 5.74) is 1.79. The van der Waals surface area contributed by atoms with Crippen molar-refractivity contribution < 1.29 is 9.13 Å². The lowest BCUT2D eigenvalue weighted by Crippen LogP contribution is -2.38. The fourth-order valence-electron chi connectivity index (χ4n) is 2.30. The molecule has 0 saturated carbocycles. The third-order valence-corrected chi connectivity index (χ3v) is 4.72. The van der Waals surface area contributed by atoms with Gasteiger partial charge in [-0.05, 0) is 38.0 Å². The molecule has 2 rings (SSSR count). The van der Waals surface area contributed by atoms with Crippen molar-refractivity contribution in [3.8, 4) is 5.75 Å². The highest BCUT2D eigenvalue weighted by molar-refractivity contribution is 14.0. The van der Waals surface area contributed by atoms with Crippen LogP contribution in [0.25, 0.3) is 0 Å². The number of nitrogens with one attached hydrogen (secondary N) is 2. The predicted molar refractivity (Wildman–Crippen MR) is 116 cm³/mol. The number of benzene rings is 1. The molecule has 2 N–H and O–H groups in total. The van der Waals surface area contributed by atoms with E-state index in [4.69, 9.17) is 4.74 Å². The van der Waals surface area contributed by atoms with Crippen molar-refractivity contribution >= 4 is 41.3 Å². The van der Waals surface area contributed by atoms with Crippen LogP contribution in [0.4, 0.5) is 4.39 Å². The fourth-order valence-corrected chi connectivity index (χ4v) is 3.04. The molecule has 1 heterocycles. The van der Waals surface area contributed by atoms with Gasteiger partial charge in [-0.3, -0.25) is 0 Å². The van der Waals surface area contributed by atoms with E-state index in [1.165, 1.54) is 13.2 Å². The number of aromatic nitrogens is 1. The van der Waals surface area contributed by atoms with Gasteiger partial charge in [0, 0.05) is 11.9 Å². The molecule has 0 amide bonds. The van der Waals surface area contributed by atoms with Crippen molar-refractivity contribution in [3.05, 3.63) is 45.7 Å². The van der Waals surface area contributed by atoms with Crippen molar-refractivity contribution in [1.29, 1.82) is 0 Å². The number of nitrogens with zero attached hydrogens (tertiary/aromatic N) is 2. The quantitative estimate of drug-likeness (QED) is 0.344. The van der Waals surface area contributed by atoms with Crippen LogP contribution in [-0.2, 0) is 13.0 Å². The number of guanidine groups is 1. The molecule has 0 spiro atoms. The molecule has 26 heavy (non-hydrogen) atoms. The molecule has 1 aromatic carbocycles. The van der Waals surface area contributed by atoms with E-state index in [1.54, 1.807) is 17.4 Å². The van der Waals surface area contributed by atoms with Crippen molar-refractivity contribution in [1.82, 2.24) is 15.6 Å². The summed E-state index contributed by atoms with van der Waals surface area (Å²) in [4.78, 5) is 9.09. The maximum absolute atomic E-state index is 13.9. The Balaban J connectivity index is 0.00000338. The lowest BCUT2D eigenvalue weighted by atomic mass is 10.1. The first-order chi connectivity index (χ1) is 12.1. The molecule has 1 atom stereocenters. The molecule has 1 aromatic heterocycles. The molecule has 5 nitrogen and oxygen atoms in total. The Bertz CT molecular complexity index is 723. The molecule has 0 saturated heterocycles. The summed E-state index contributed by atoms with van der Waals surface area (Å²) < 4.78 is 18.9. The zero-order valence-corrected chi connectivity index (χ0v) is 18.7. The van der Waals surface area contributed by atoms with Gasteiger partial charge in [-0.2, -0.15) is 0 Å². The predicted octanol–water partition coefficient (Wildman–Crippen LogP) is 4.29. The molecule has 0 aliphatic heterocycles. The molecule has 1 unspecified atom stereocenters. The Morgan fingerprint density at radius 2 is 2.15 bits per heavy atom. The minimum atomic E-state index is -0.370. The van der Waals surface area contributed by atoms with Crippen molar-refractivity contribution in [2.45, 2.75) is 39.8 Å². The monoisotopic (exact) mass is 492 g/mol. The Hall–Kier alpha value is -1.42. The van der Waals surface area contributed by atoms with Gasteiger partial charge in [0.1, 0.15) is 0 Å². The highest BCUT2D eigenvalue weighted by Gasteiger charge is 2.11. The zero-order chi connectivity index (χ0) is 18.2. The second-order valence-electron chi connectivity index (χ2n) is 5.54. The summed E-state index contributed by atoms with van der Waals surface area (Å²) in [6.07, 6.45) is 0.937. The first-order valence-electron chi connectivity index (χ1n) is 8.38. The van der Waals surface area contributed by atoms with Gasteiger partial charge in [-0.25, -0.2) is 14.4 Å². The van der Waals surface area contributed by atoms with Crippen molar-refractivity contribution in [2.75, 3.05) is 13.7 Å². The van der Waals surface area contributed by atoms with E-state index in [-0.39, 0.29) is 41.6 Å². The van der Waals surface area contributed by atoms with E-state index in [1.807, 2.05) is 25.3 Å². The summed E-state index contributed by atoms with van der Waals surface area (Å²) in [5, 5.41) is 9.66. The first kappa shape index (κ1) is 22.6. The third-order valence-electron chi connectivity index (χ3n) is 3.67. The number of halogens is 2. The molecule has 0 radical (unpaired) electrons. The number of thiazole rings is 1. The number of methoxy groups -OCH3 is 1. The number of ether oxygens (including phenoxy) is 1. The van der Waals surface area contributed by atoms with E-state index in [9.17, 15) is 4.39 Å². The molecule has 0 aliphatic rings. The molecular formula is C18H26FIN4OS. The summed E-state index contributed by atoms with van der Waals surface area (Å²) in [6.45, 7) is 7.31. The van der Waals surface area contributed by atoms with E-state index in [0.717, 1.165) is 29.2 Å². The second-order valence-corrected chi connectivity index (χ2v) is 6.48. The van der Waals surface area contributed by atoms with Gasteiger partial charge in [0.15, 0.2) is 17.5 Å². The molecule has 8 heteroatoms. The van der Waals surface area contributed by atoms with Gasteiger partial charge in [0.05, 0.1) is 30.4 Å². The molecule has 0 bridgehead atoms. The van der Waals surface area contributed by atoms with Crippen LogP contribution < -0.4 is 15.4 Å². The van der Waals surface area contributed by atoms with Crippen molar-refractivity contribution in [2.24, 2.45) is 4.99 Å². The first-order valence-corrected chi connectivity index (χ1v) is 9.26. The minimum Gasteiger partial charge on any atom is -0.494 e. The van der Waals surface area contributed by atoms with Crippen LogP contribution in [0.3, 0.4) is 0 Å². The Morgan fingerprint density at radius 3 is 2.73 bits per heavy atom. The summed E-state index contributed by atoms with van der Waals surface area (Å²) in [7, 11) is 1.46. The summed E-state index contributed by atoms with van der Waals surface area (Å²) >= 11 is 1.66. The number of hydrogen-bond donors (Lipinski definition) is 2. The van der Waals surface area contributed by atoms with Crippen LogP contribution in [-0.4, -0.2) is 24.6 Å². The number of rotatable bonds is 7. The van der Waals surface area contributed by atoms with Gasteiger partial charge >= 0.3 is 0 Å². The maximum atomic E-state index is 13.9. The number of hydrogen-bond acceptors (Lipinski definition) is 4. The molecule has 144 valence electrons. The smallest absolute Gasteiger partial charge is 0.192 e. The zero-order valence-electron chi connectivity index (χ0n) is 15.5. The van der Waals surface area contributed by atoms with Crippen LogP contribution >= 0.6 is 35.3 Å². The van der Waals surface area contributed by atoms with Gasteiger partial charge in [0.2, 0.25) is 0 Å². The van der Waals surface area contributed by atoms with Crippen LogP contribution in [0, 0.1) is 5.82 Å². The van der Waals surface area contributed by atoms with E-state index < -0.39 is 0 Å². The lowest BCUT2D eigenvalue weighted by Gasteiger charge is -2.18. The highest BCUT2D eigenvalue weighted by atomic mass is 127. The standard InChI is InChI=1S/C18H25FN4OS.HI/c1-5-17-23-14(11-25-17)10-21-18(20-6-2)22-12(3)13-7-8-16(24-4)15(19)9-13;/h7-9,11-12H,5-6,10H2,1-4H3,(H2,20,21,22);1H. The van der Waals surface area contributed by atoms with E-state index in [0.29, 0.717) is 12.5 Å². The van der Waals surface area contributed by atoms with Crippen LogP contribution in [0.2, 0.25) is 0 Å². The maximum Gasteiger partial charge on any atom is 0.192 e. The fraction of sp³-hybridized carbons (Fsp3) is 0.444. The summed E-state index contributed by atoms with van der Waals surface area (Å²) in [5.74, 6) is 0.550. The van der Waals surface area contributed by atoms with Crippen LogP contribution in [0.5, 0.6) is 5.75 Å². The third kappa shape index (κ3) is 6.39. The van der Waals surface area contributed by atoms with Crippen LogP contribution in [0.15, 0.2) is 28.6 Å².